The van der Waals surface area contributed by atoms with E-state index in [9.17, 15) is 9.59 Å². The van der Waals surface area contributed by atoms with Crippen molar-refractivity contribution >= 4 is 29.1 Å². The van der Waals surface area contributed by atoms with Crippen LogP contribution in [-0.2, 0) is 11.3 Å². The number of rotatable bonds is 7. The van der Waals surface area contributed by atoms with Gasteiger partial charge in [-0.05, 0) is 37.1 Å². The van der Waals surface area contributed by atoms with Crippen molar-refractivity contribution in [2.75, 3.05) is 38.0 Å². The molecule has 158 valence electrons. The van der Waals surface area contributed by atoms with E-state index < -0.39 is 0 Å². The first-order valence-electron chi connectivity index (χ1n) is 10.7. The van der Waals surface area contributed by atoms with Gasteiger partial charge in [0.2, 0.25) is 0 Å². The van der Waals surface area contributed by atoms with Gasteiger partial charge >= 0.3 is 0 Å². The zero-order chi connectivity index (χ0) is 20.9. The summed E-state index contributed by atoms with van der Waals surface area (Å²) in [5.74, 6) is -0.155. The molecule has 30 heavy (non-hydrogen) atoms. The molecule has 2 fully saturated rings. The topological polar surface area (TPSA) is 67.1 Å². The Kier molecular flexibility index (Phi) is 6.67. The van der Waals surface area contributed by atoms with E-state index in [4.69, 9.17) is 11.6 Å². The van der Waals surface area contributed by atoms with Crippen molar-refractivity contribution in [2.45, 2.75) is 25.4 Å². The average Bonchev–Trinajstić information content (AvgIpc) is 3.55. The molecule has 2 amide bonds. The van der Waals surface area contributed by atoms with Gasteiger partial charge in [0.1, 0.15) is 32.7 Å². The van der Waals surface area contributed by atoms with Crippen LogP contribution >= 0.6 is 11.6 Å². The third-order valence-electron chi connectivity index (χ3n) is 5.80. The van der Waals surface area contributed by atoms with Crippen LogP contribution in [-0.4, -0.2) is 50.6 Å². The standard InChI is InChI=1S/C23H27ClN4O2/c24-18-7-5-17(6-8-18)15-27-11-13-28(14-12-27)16-22(29)26-21-4-2-1-3-20(21)23(30)25-19-9-10-19/h1-8,19H,9-16H2,(H,25,30)(H,26,29)/p+2. The Morgan fingerprint density at radius 1 is 0.933 bits per heavy atom. The molecule has 2 aliphatic rings. The fraction of sp³-hybridized carbons (Fsp3) is 0.391. The number of para-hydroxylation sites is 1. The number of amides is 2. The number of carbonyl (C=O) groups excluding carboxylic acids is 2. The van der Waals surface area contributed by atoms with Crippen molar-refractivity contribution in [1.82, 2.24) is 5.32 Å². The van der Waals surface area contributed by atoms with E-state index in [1.165, 1.54) is 15.4 Å². The summed E-state index contributed by atoms with van der Waals surface area (Å²) >= 11 is 5.96. The third-order valence-corrected chi connectivity index (χ3v) is 6.05. The first kappa shape index (κ1) is 20.8. The molecule has 0 unspecified atom stereocenters. The number of benzene rings is 2. The number of piperazine rings is 1. The van der Waals surface area contributed by atoms with Crippen molar-refractivity contribution in [3.8, 4) is 0 Å². The molecule has 0 aromatic heterocycles. The molecule has 4 N–H and O–H groups in total. The van der Waals surface area contributed by atoms with Crippen LogP contribution in [0.2, 0.25) is 5.02 Å². The lowest BCUT2D eigenvalue weighted by Gasteiger charge is -2.29. The number of anilines is 1. The summed E-state index contributed by atoms with van der Waals surface area (Å²) in [6.45, 7) is 5.39. The number of carbonyl (C=O) groups is 2. The number of hydrogen-bond donors (Lipinski definition) is 4. The number of quaternary nitrogens is 2. The molecular weight excluding hydrogens is 400 g/mol. The predicted octanol–water partition coefficient (Wildman–Crippen LogP) is 0.154. The van der Waals surface area contributed by atoms with Crippen LogP contribution in [0.15, 0.2) is 48.5 Å². The van der Waals surface area contributed by atoms with Crippen molar-refractivity contribution in [1.29, 1.82) is 0 Å². The molecule has 0 bridgehead atoms. The summed E-state index contributed by atoms with van der Waals surface area (Å²) < 4.78 is 0. The second-order valence-corrected chi connectivity index (χ2v) is 8.76. The Labute approximate surface area is 182 Å². The maximum absolute atomic E-state index is 12.6. The Balaban J connectivity index is 1.25. The molecule has 6 nitrogen and oxygen atoms in total. The maximum atomic E-state index is 12.6. The lowest BCUT2D eigenvalue weighted by molar-refractivity contribution is -1.02. The van der Waals surface area contributed by atoms with Gasteiger partial charge in [0.05, 0.1) is 11.3 Å². The summed E-state index contributed by atoms with van der Waals surface area (Å²) in [6, 6.07) is 15.5. The molecule has 1 saturated carbocycles. The predicted molar refractivity (Wildman–Crippen MR) is 117 cm³/mol. The van der Waals surface area contributed by atoms with Crippen LogP contribution < -0.4 is 20.4 Å². The molecule has 1 aliphatic carbocycles. The van der Waals surface area contributed by atoms with Crippen molar-refractivity contribution in [3.05, 3.63) is 64.7 Å². The van der Waals surface area contributed by atoms with E-state index in [-0.39, 0.29) is 17.9 Å². The smallest absolute Gasteiger partial charge is 0.279 e. The highest BCUT2D eigenvalue weighted by Gasteiger charge is 2.27. The van der Waals surface area contributed by atoms with E-state index in [0.29, 0.717) is 17.8 Å². The minimum atomic E-state index is -0.111. The molecule has 0 spiro atoms. The van der Waals surface area contributed by atoms with Crippen molar-refractivity contribution in [2.24, 2.45) is 0 Å². The van der Waals surface area contributed by atoms with E-state index >= 15 is 0 Å². The molecule has 1 saturated heterocycles. The number of halogens is 1. The van der Waals surface area contributed by atoms with Crippen LogP contribution in [0.5, 0.6) is 0 Å². The molecule has 0 atom stereocenters. The van der Waals surface area contributed by atoms with Crippen molar-refractivity contribution in [3.63, 3.8) is 0 Å². The zero-order valence-corrected chi connectivity index (χ0v) is 17.8. The Morgan fingerprint density at radius 2 is 1.60 bits per heavy atom. The zero-order valence-electron chi connectivity index (χ0n) is 17.0. The molecule has 1 heterocycles. The summed E-state index contributed by atoms with van der Waals surface area (Å²) in [5, 5.41) is 6.70. The highest BCUT2D eigenvalue weighted by Crippen LogP contribution is 2.21. The molecule has 4 rings (SSSR count). The van der Waals surface area contributed by atoms with Gasteiger partial charge in [-0.15, -0.1) is 0 Å². The molecular formula is C23H29ClN4O2+2. The Hall–Kier alpha value is -2.41. The quantitative estimate of drug-likeness (QED) is 0.507. The molecule has 2 aromatic carbocycles. The van der Waals surface area contributed by atoms with Crippen molar-refractivity contribution < 1.29 is 19.4 Å². The lowest BCUT2D eigenvalue weighted by atomic mass is 10.1. The average molecular weight is 429 g/mol. The van der Waals surface area contributed by atoms with Crippen LogP contribution in [0.25, 0.3) is 0 Å². The monoisotopic (exact) mass is 428 g/mol. The van der Waals surface area contributed by atoms with Gasteiger partial charge in [-0.25, -0.2) is 0 Å². The third kappa shape index (κ3) is 5.81. The Morgan fingerprint density at radius 3 is 2.30 bits per heavy atom. The van der Waals surface area contributed by atoms with Crippen LogP contribution in [0.1, 0.15) is 28.8 Å². The van der Waals surface area contributed by atoms with Gasteiger partial charge in [-0.3, -0.25) is 9.59 Å². The summed E-state index contributed by atoms with van der Waals surface area (Å²) in [4.78, 5) is 27.8. The van der Waals surface area contributed by atoms with Gasteiger partial charge in [-0.1, -0.05) is 35.9 Å². The summed E-state index contributed by atoms with van der Waals surface area (Å²) in [6.07, 6.45) is 2.07. The van der Waals surface area contributed by atoms with Gasteiger partial charge < -0.3 is 20.4 Å². The summed E-state index contributed by atoms with van der Waals surface area (Å²) in [5.41, 5.74) is 2.41. The fourth-order valence-corrected chi connectivity index (χ4v) is 4.03. The Bertz CT molecular complexity index is 890. The van der Waals surface area contributed by atoms with E-state index in [1.807, 2.05) is 24.3 Å². The van der Waals surface area contributed by atoms with Gasteiger partial charge in [0.15, 0.2) is 6.54 Å². The molecule has 2 aromatic rings. The van der Waals surface area contributed by atoms with Crippen LogP contribution in [0, 0.1) is 0 Å². The minimum Gasteiger partial charge on any atom is -0.349 e. The lowest BCUT2D eigenvalue weighted by Crippen LogP contribution is -3.28. The van der Waals surface area contributed by atoms with E-state index in [2.05, 4.69) is 22.8 Å². The van der Waals surface area contributed by atoms with Gasteiger partial charge in [0.25, 0.3) is 11.8 Å². The SMILES string of the molecule is O=C(C[NH+]1CC[NH+](Cc2ccc(Cl)cc2)CC1)Nc1ccccc1C(=O)NC1CC1. The fourth-order valence-electron chi connectivity index (χ4n) is 3.90. The second kappa shape index (κ2) is 9.60. The highest BCUT2D eigenvalue weighted by molar-refractivity contribution is 6.30. The normalized spacial score (nSPS) is 21.1. The number of nitrogens with one attached hydrogen (secondary N) is 4. The second-order valence-electron chi connectivity index (χ2n) is 8.32. The summed E-state index contributed by atoms with van der Waals surface area (Å²) in [7, 11) is 0. The largest absolute Gasteiger partial charge is 0.349 e. The van der Waals surface area contributed by atoms with E-state index in [0.717, 1.165) is 50.6 Å². The van der Waals surface area contributed by atoms with Crippen LogP contribution in [0.3, 0.4) is 0 Å². The molecule has 0 radical (unpaired) electrons. The van der Waals surface area contributed by atoms with Crippen LogP contribution in [0.4, 0.5) is 5.69 Å². The highest BCUT2D eigenvalue weighted by atomic mass is 35.5. The van der Waals surface area contributed by atoms with E-state index in [1.54, 1.807) is 12.1 Å². The minimum absolute atomic E-state index is 0.0437. The van der Waals surface area contributed by atoms with Gasteiger partial charge in [0, 0.05) is 16.6 Å². The first-order valence-corrected chi connectivity index (χ1v) is 11.1. The molecule has 7 heteroatoms. The number of hydrogen-bond acceptors (Lipinski definition) is 2. The van der Waals surface area contributed by atoms with Gasteiger partial charge in [-0.2, -0.15) is 0 Å². The molecule has 1 aliphatic heterocycles. The maximum Gasteiger partial charge on any atom is 0.279 e. The first-order chi connectivity index (χ1) is 14.6.